The van der Waals surface area contributed by atoms with E-state index in [1.165, 1.54) is 13.2 Å². The van der Waals surface area contributed by atoms with Crippen LogP contribution in [0.15, 0.2) is 52.4 Å². The van der Waals surface area contributed by atoms with E-state index < -0.39 is 15.7 Å². The van der Waals surface area contributed by atoms with Crippen LogP contribution in [0.25, 0.3) is 6.08 Å². The van der Waals surface area contributed by atoms with E-state index in [9.17, 15) is 18.5 Å². The summed E-state index contributed by atoms with van der Waals surface area (Å²) in [5, 5.41) is 19.5. The Morgan fingerprint density at radius 2 is 2.00 bits per heavy atom. The van der Waals surface area contributed by atoms with Gasteiger partial charge in [0.1, 0.15) is 18.2 Å². The number of nitrogens with one attached hydrogen (secondary N) is 1. The molecule has 170 valence electrons. The molecule has 1 N–H and O–H groups in total. The number of carbonyl (C=O) groups is 1. The van der Waals surface area contributed by atoms with E-state index in [1.807, 2.05) is 24.3 Å². The molecule has 0 bridgehead atoms. The Hall–Kier alpha value is -3.46. The molecule has 0 aliphatic carbocycles. The van der Waals surface area contributed by atoms with Crippen molar-refractivity contribution in [3.63, 3.8) is 0 Å². The lowest BCUT2D eigenvalue weighted by Gasteiger charge is -2.12. The number of amides is 1. The number of ether oxygens (including phenoxy) is 2. The van der Waals surface area contributed by atoms with Gasteiger partial charge < -0.3 is 9.47 Å². The van der Waals surface area contributed by atoms with Gasteiger partial charge >= 0.3 is 0 Å². The maximum Gasteiger partial charge on any atom is 0.268 e. The average Bonchev–Trinajstić information content (AvgIpc) is 3.26. The third kappa shape index (κ3) is 6.29. The zero-order valence-corrected chi connectivity index (χ0v) is 19.8. The molecule has 0 spiro atoms. The van der Waals surface area contributed by atoms with Crippen molar-refractivity contribution in [2.24, 2.45) is 0 Å². The summed E-state index contributed by atoms with van der Waals surface area (Å²) in [4.78, 5) is 12.4. The van der Waals surface area contributed by atoms with Crippen molar-refractivity contribution in [1.29, 1.82) is 5.26 Å². The molecule has 3 aromatic rings. The van der Waals surface area contributed by atoms with Crippen molar-refractivity contribution >= 4 is 49.9 Å². The van der Waals surface area contributed by atoms with Crippen LogP contribution in [0.3, 0.4) is 0 Å². The molecule has 0 saturated carbocycles. The zero-order valence-electron chi connectivity index (χ0n) is 17.4. The highest BCUT2D eigenvalue weighted by atomic mass is 35.5. The summed E-state index contributed by atoms with van der Waals surface area (Å²) in [5.41, 5.74) is 1.10. The summed E-state index contributed by atoms with van der Waals surface area (Å²) in [6.45, 7) is 0.231. The molecule has 33 heavy (non-hydrogen) atoms. The molecule has 0 fully saturated rings. The van der Waals surface area contributed by atoms with E-state index >= 15 is 0 Å². The van der Waals surface area contributed by atoms with Crippen molar-refractivity contribution in [2.45, 2.75) is 10.9 Å². The lowest BCUT2D eigenvalue weighted by molar-refractivity contribution is -0.112. The zero-order chi connectivity index (χ0) is 24.0. The fourth-order valence-electron chi connectivity index (χ4n) is 2.55. The Morgan fingerprint density at radius 3 is 2.64 bits per heavy atom. The molecule has 0 unspecified atom stereocenters. The van der Waals surface area contributed by atoms with E-state index in [0.717, 1.165) is 11.8 Å². The number of rotatable bonds is 8. The summed E-state index contributed by atoms with van der Waals surface area (Å²) in [6.07, 6.45) is 2.34. The quantitative estimate of drug-likeness (QED) is 0.279. The SMILES string of the molecule is COc1cc(/C=C(/C#N)C(=O)Nc2nnc(S(C)(=O)=O)s2)ccc1OCc1ccccc1Cl. The first-order valence-corrected chi connectivity index (χ1v) is 12.3. The average molecular weight is 505 g/mol. The molecule has 0 saturated heterocycles. The van der Waals surface area contributed by atoms with Gasteiger partial charge in [-0.25, -0.2) is 8.42 Å². The van der Waals surface area contributed by atoms with Crippen molar-refractivity contribution in [1.82, 2.24) is 10.2 Å². The fourth-order valence-corrected chi connectivity index (χ4v) is 4.25. The van der Waals surface area contributed by atoms with Crippen molar-refractivity contribution < 1.29 is 22.7 Å². The summed E-state index contributed by atoms with van der Waals surface area (Å²) < 4.78 is 33.9. The number of nitriles is 1. The van der Waals surface area contributed by atoms with E-state index in [4.69, 9.17) is 21.1 Å². The van der Waals surface area contributed by atoms with Crippen LogP contribution in [0.2, 0.25) is 5.02 Å². The molecule has 1 heterocycles. The molecule has 0 radical (unpaired) electrons. The van der Waals surface area contributed by atoms with E-state index in [2.05, 4.69) is 15.5 Å². The third-order valence-corrected chi connectivity index (χ3v) is 7.03. The van der Waals surface area contributed by atoms with Crippen LogP contribution in [0.1, 0.15) is 11.1 Å². The summed E-state index contributed by atoms with van der Waals surface area (Å²) in [7, 11) is -2.08. The molecule has 0 aliphatic rings. The van der Waals surface area contributed by atoms with Crippen LogP contribution in [-0.4, -0.2) is 37.9 Å². The number of hydrogen-bond acceptors (Lipinski definition) is 9. The van der Waals surface area contributed by atoms with Crippen molar-refractivity contribution in [2.75, 3.05) is 18.7 Å². The number of nitrogens with zero attached hydrogens (tertiary/aromatic N) is 3. The lowest BCUT2D eigenvalue weighted by Crippen LogP contribution is -2.13. The van der Waals surface area contributed by atoms with Crippen LogP contribution in [-0.2, 0) is 21.2 Å². The highest BCUT2D eigenvalue weighted by Crippen LogP contribution is 2.30. The van der Waals surface area contributed by atoms with Crippen molar-refractivity contribution in [3.05, 3.63) is 64.2 Å². The Kier molecular flexibility index (Phi) is 7.65. The maximum atomic E-state index is 12.4. The topological polar surface area (TPSA) is 131 Å². The normalized spacial score (nSPS) is 11.5. The largest absolute Gasteiger partial charge is 0.493 e. The van der Waals surface area contributed by atoms with Gasteiger partial charge in [-0.3, -0.25) is 10.1 Å². The van der Waals surface area contributed by atoms with E-state index in [0.29, 0.717) is 33.4 Å². The second-order valence-electron chi connectivity index (χ2n) is 6.56. The number of hydrogen-bond donors (Lipinski definition) is 1. The standard InChI is InChI=1S/C21H17ClN4O5S2/c1-30-18-10-13(7-8-17(18)31-12-14-5-3-4-6-16(14)22)9-15(11-23)19(27)24-20-25-26-21(32-20)33(2,28)29/h3-10H,12H2,1-2H3,(H,24,25,27)/b15-9-. The number of sulfone groups is 1. The van der Waals surface area contributed by atoms with Gasteiger partial charge in [-0.2, -0.15) is 5.26 Å². The molecule has 0 aliphatic heterocycles. The number of halogens is 1. The van der Waals surface area contributed by atoms with Gasteiger partial charge in [0.2, 0.25) is 19.3 Å². The van der Waals surface area contributed by atoms with Crippen LogP contribution >= 0.6 is 22.9 Å². The summed E-state index contributed by atoms with van der Waals surface area (Å²) in [6, 6.07) is 14.0. The van der Waals surface area contributed by atoms with Gasteiger partial charge in [0, 0.05) is 16.8 Å². The van der Waals surface area contributed by atoms with Crippen molar-refractivity contribution in [3.8, 4) is 17.6 Å². The van der Waals surface area contributed by atoms with E-state index in [-0.39, 0.29) is 21.7 Å². The first kappa shape index (κ1) is 24.2. The second kappa shape index (κ2) is 10.4. The monoisotopic (exact) mass is 504 g/mol. The highest BCUT2D eigenvalue weighted by molar-refractivity contribution is 7.92. The van der Waals surface area contributed by atoms with Gasteiger partial charge in [0.15, 0.2) is 11.5 Å². The molecular formula is C21H17ClN4O5S2. The minimum Gasteiger partial charge on any atom is -0.493 e. The Bertz CT molecular complexity index is 1360. The van der Waals surface area contributed by atoms with Crippen LogP contribution < -0.4 is 14.8 Å². The Labute approximate surface area is 199 Å². The molecule has 9 nitrogen and oxygen atoms in total. The first-order chi connectivity index (χ1) is 15.7. The molecule has 0 atom stereocenters. The minimum atomic E-state index is -3.55. The maximum absolute atomic E-state index is 12.4. The van der Waals surface area contributed by atoms with Gasteiger partial charge in [-0.15, -0.1) is 10.2 Å². The van der Waals surface area contributed by atoms with E-state index in [1.54, 1.807) is 24.3 Å². The van der Waals surface area contributed by atoms with Gasteiger partial charge in [-0.1, -0.05) is 47.2 Å². The molecular weight excluding hydrogens is 488 g/mol. The number of benzene rings is 2. The fraction of sp³-hybridized carbons (Fsp3) is 0.143. The number of carbonyl (C=O) groups excluding carboxylic acids is 1. The van der Waals surface area contributed by atoms with Crippen LogP contribution in [0.5, 0.6) is 11.5 Å². The highest BCUT2D eigenvalue weighted by Gasteiger charge is 2.18. The molecule has 1 aromatic heterocycles. The first-order valence-electron chi connectivity index (χ1n) is 9.22. The van der Waals surface area contributed by atoms with Crippen LogP contribution in [0.4, 0.5) is 5.13 Å². The number of anilines is 1. The lowest BCUT2D eigenvalue weighted by atomic mass is 10.1. The smallest absolute Gasteiger partial charge is 0.268 e. The molecule has 1 amide bonds. The summed E-state index contributed by atoms with van der Waals surface area (Å²) in [5.74, 6) is 0.0989. The number of aromatic nitrogens is 2. The van der Waals surface area contributed by atoms with Crippen LogP contribution in [0, 0.1) is 11.3 Å². The molecule has 2 aromatic carbocycles. The molecule has 3 rings (SSSR count). The molecule has 12 heteroatoms. The Morgan fingerprint density at radius 1 is 1.24 bits per heavy atom. The third-order valence-electron chi connectivity index (χ3n) is 4.15. The van der Waals surface area contributed by atoms with Gasteiger partial charge in [-0.05, 0) is 29.8 Å². The number of methoxy groups -OCH3 is 1. The minimum absolute atomic E-state index is 0.0394. The van der Waals surface area contributed by atoms with Gasteiger partial charge in [0.05, 0.1) is 7.11 Å². The predicted octanol–water partition coefficient (Wildman–Crippen LogP) is 3.73. The Balaban J connectivity index is 1.76. The second-order valence-corrected chi connectivity index (χ2v) is 10.1. The summed E-state index contributed by atoms with van der Waals surface area (Å²) >= 11 is 6.84. The predicted molar refractivity (Wildman–Crippen MR) is 124 cm³/mol. The van der Waals surface area contributed by atoms with Gasteiger partial charge in [0.25, 0.3) is 5.91 Å².